The molecule has 3 aromatic heterocycles. The molecule has 4 aromatic rings. The molecule has 0 unspecified atom stereocenters. The maximum atomic E-state index is 12.9. The van der Waals surface area contributed by atoms with Gasteiger partial charge in [0.05, 0.1) is 22.5 Å². The van der Waals surface area contributed by atoms with E-state index in [4.69, 9.17) is 27.6 Å². The Kier molecular flexibility index (Phi) is 5.67. The number of hydrogen-bond donors (Lipinski definition) is 2. The Balaban J connectivity index is 1.81. The van der Waals surface area contributed by atoms with Crippen LogP contribution in [0.3, 0.4) is 0 Å². The average molecular weight is 458 g/mol. The standard InChI is InChI=1S/C21H17Cl2N5O3/c1-11(2)15-10-19(29)26-21(24-15)28-18(9-16(27-28)17-4-3-7-31-17)25-20(30)13-8-12(22)5-6-14(13)23/h3-11H,1-2H3,(H,25,30)(H,24,26,29). The minimum absolute atomic E-state index is 0.0180. The van der Waals surface area contributed by atoms with Gasteiger partial charge in [-0.15, -0.1) is 0 Å². The molecular formula is C21H17Cl2N5O3. The van der Waals surface area contributed by atoms with Crippen molar-refractivity contribution in [2.75, 3.05) is 5.32 Å². The lowest BCUT2D eigenvalue weighted by atomic mass is 10.1. The van der Waals surface area contributed by atoms with Crippen LogP contribution < -0.4 is 10.9 Å². The Labute approximate surface area is 186 Å². The zero-order valence-corrected chi connectivity index (χ0v) is 18.0. The molecule has 10 heteroatoms. The number of nitrogens with one attached hydrogen (secondary N) is 2. The summed E-state index contributed by atoms with van der Waals surface area (Å²) in [6.45, 7) is 3.85. The summed E-state index contributed by atoms with van der Waals surface area (Å²) in [5.74, 6) is 0.418. The second-order valence-electron chi connectivity index (χ2n) is 7.03. The van der Waals surface area contributed by atoms with Crippen molar-refractivity contribution in [1.82, 2.24) is 19.7 Å². The van der Waals surface area contributed by atoms with Crippen molar-refractivity contribution in [2.24, 2.45) is 0 Å². The first kappa shape index (κ1) is 20.9. The number of hydrogen-bond acceptors (Lipinski definition) is 5. The van der Waals surface area contributed by atoms with E-state index in [-0.39, 0.29) is 33.8 Å². The fraction of sp³-hybridized carbons (Fsp3) is 0.143. The predicted molar refractivity (Wildman–Crippen MR) is 118 cm³/mol. The van der Waals surface area contributed by atoms with Gasteiger partial charge in [-0.2, -0.15) is 9.78 Å². The molecule has 0 fully saturated rings. The Morgan fingerprint density at radius 1 is 1.19 bits per heavy atom. The SMILES string of the molecule is CC(C)c1cc(=O)[nH]c(-n2nc(-c3ccco3)cc2NC(=O)c2cc(Cl)ccc2Cl)n1. The first-order valence-electron chi connectivity index (χ1n) is 9.34. The van der Waals surface area contributed by atoms with Crippen LogP contribution in [0.15, 0.2) is 57.9 Å². The van der Waals surface area contributed by atoms with Crippen LogP contribution in [0.2, 0.25) is 10.0 Å². The van der Waals surface area contributed by atoms with Crippen LogP contribution >= 0.6 is 23.2 Å². The summed E-state index contributed by atoms with van der Waals surface area (Å²) in [5, 5.41) is 7.84. The Hall–Kier alpha value is -3.36. The number of furan rings is 1. The first-order chi connectivity index (χ1) is 14.8. The number of H-pyrrole nitrogens is 1. The number of carbonyl (C=O) groups excluding carboxylic acids is 1. The van der Waals surface area contributed by atoms with Gasteiger partial charge in [0.1, 0.15) is 11.5 Å². The molecule has 2 N–H and O–H groups in total. The van der Waals surface area contributed by atoms with Crippen molar-refractivity contribution in [2.45, 2.75) is 19.8 Å². The number of halogens is 2. The monoisotopic (exact) mass is 457 g/mol. The van der Waals surface area contributed by atoms with Crippen molar-refractivity contribution in [1.29, 1.82) is 0 Å². The number of aromatic amines is 1. The van der Waals surface area contributed by atoms with Crippen LogP contribution in [0.4, 0.5) is 5.82 Å². The number of anilines is 1. The summed E-state index contributed by atoms with van der Waals surface area (Å²) < 4.78 is 6.75. The molecule has 4 rings (SSSR count). The van der Waals surface area contributed by atoms with E-state index in [0.29, 0.717) is 22.2 Å². The van der Waals surface area contributed by atoms with Crippen molar-refractivity contribution in [3.05, 3.63) is 80.4 Å². The maximum absolute atomic E-state index is 12.9. The predicted octanol–water partition coefficient (Wildman–Crippen LogP) is 4.90. The summed E-state index contributed by atoms with van der Waals surface area (Å²) >= 11 is 12.2. The highest BCUT2D eigenvalue weighted by atomic mass is 35.5. The Morgan fingerprint density at radius 2 is 2.00 bits per heavy atom. The molecular weight excluding hydrogens is 441 g/mol. The minimum Gasteiger partial charge on any atom is -0.463 e. The Morgan fingerprint density at radius 3 is 2.71 bits per heavy atom. The van der Waals surface area contributed by atoms with E-state index >= 15 is 0 Å². The van der Waals surface area contributed by atoms with Crippen LogP contribution in [0, 0.1) is 0 Å². The second-order valence-corrected chi connectivity index (χ2v) is 7.87. The largest absolute Gasteiger partial charge is 0.463 e. The highest BCUT2D eigenvalue weighted by molar-refractivity contribution is 6.36. The minimum atomic E-state index is -0.498. The van der Waals surface area contributed by atoms with Gasteiger partial charge in [0.15, 0.2) is 5.76 Å². The van der Waals surface area contributed by atoms with Gasteiger partial charge >= 0.3 is 0 Å². The van der Waals surface area contributed by atoms with Gasteiger partial charge in [-0.1, -0.05) is 37.0 Å². The third-order valence-corrected chi connectivity index (χ3v) is 5.00. The van der Waals surface area contributed by atoms with Crippen molar-refractivity contribution >= 4 is 34.9 Å². The lowest BCUT2D eigenvalue weighted by Gasteiger charge is -2.11. The van der Waals surface area contributed by atoms with E-state index in [1.165, 1.54) is 29.1 Å². The molecule has 0 aliphatic heterocycles. The summed E-state index contributed by atoms with van der Waals surface area (Å²) in [7, 11) is 0. The number of carbonyl (C=O) groups is 1. The van der Waals surface area contributed by atoms with E-state index in [0.717, 1.165) is 0 Å². The molecule has 31 heavy (non-hydrogen) atoms. The third-order valence-electron chi connectivity index (χ3n) is 4.44. The zero-order chi connectivity index (χ0) is 22.1. The van der Waals surface area contributed by atoms with E-state index in [1.54, 1.807) is 24.3 Å². The van der Waals surface area contributed by atoms with E-state index in [1.807, 2.05) is 13.8 Å². The smallest absolute Gasteiger partial charge is 0.258 e. The first-order valence-corrected chi connectivity index (χ1v) is 10.1. The average Bonchev–Trinajstić information content (AvgIpc) is 3.39. The second kappa shape index (κ2) is 8.41. The lowest BCUT2D eigenvalue weighted by Crippen LogP contribution is -2.19. The van der Waals surface area contributed by atoms with Crippen LogP contribution in [0.5, 0.6) is 0 Å². The van der Waals surface area contributed by atoms with Gasteiger partial charge < -0.3 is 9.73 Å². The quantitative estimate of drug-likeness (QED) is 0.443. The lowest BCUT2D eigenvalue weighted by molar-refractivity contribution is 0.102. The molecule has 1 amide bonds. The number of benzene rings is 1. The third kappa shape index (κ3) is 4.40. The molecule has 0 spiro atoms. The van der Waals surface area contributed by atoms with E-state index < -0.39 is 5.91 Å². The fourth-order valence-electron chi connectivity index (χ4n) is 2.89. The normalized spacial score (nSPS) is 11.1. The van der Waals surface area contributed by atoms with Crippen molar-refractivity contribution in [3.63, 3.8) is 0 Å². The molecule has 0 aliphatic carbocycles. The molecule has 1 aromatic carbocycles. The van der Waals surface area contributed by atoms with Gasteiger partial charge in [0.2, 0.25) is 5.95 Å². The molecule has 3 heterocycles. The topological polar surface area (TPSA) is 106 Å². The number of nitrogens with zero attached hydrogens (tertiary/aromatic N) is 3. The van der Waals surface area contributed by atoms with Crippen molar-refractivity contribution in [3.8, 4) is 17.4 Å². The number of rotatable bonds is 5. The van der Waals surface area contributed by atoms with Gasteiger partial charge in [-0.3, -0.25) is 14.6 Å². The van der Waals surface area contributed by atoms with E-state index in [2.05, 4.69) is 20.4 Å². The van der Waals surface area contributed by atoms with Crippen LogP contribution in [0.1, 0.15) is 35.8 Å². The van der Waals surface area contributed by atoms with Gasteiger partial charge in [0.25, 0.3) is 11.5 Å². The van der Waals surface area contributed by atoms with E-state index in [9.17, 15) is 9.59 Å². The highest BCUT2D eigenvalue weighted by Gasteiger charge is 2.19. The van der Waals surface area contributed by atoms with Crippen LogP contribution in [-0.2, 0) is 0 Å². The molecule has 0 radical (unpaired) electrons. The summed E-state index contributed by atoms with van der Waals surface area (Å²) in [6.07, 6.45) is 1.51. The molecule has 0 bridgehead atoms. The van der Waals surface area contributed by atoms with Gasteiger partial charge in [-0.25, -0.2) is 4.98 Å². The number of amides is 1. The summed E-state index contributed by atoms with van der Waals surface area (Å²) in [6, 6.07) is 11.1. The van der Waals surface area contributed by atoms with Gasteiger partial charge in [-0.05, 0) is 36.2 Å². The molecule has 0 saturated heterocycles. The highest BCUT2D eigenvalue weighted by Crippen LogP contribution is 2.26. The summed E-state index contributed by atoms with van der Waals surface area (Å²) in [4.78, 5) is 32.2. The van der Waals surface area contributed by atoms with Crippen LogP contribution in [-0.4, -0.2) is 25.7 Å². The van der Waals surface area contributed by atoms with Crippen molar-refractivity contribution < 1.29 is 9.21 Å². The molecule has 0 aliphatic rings. The van der Waals surface area contributed by atoms with Crippen LogP contribution in [0.25, 0.3) is 17.4 Å². The van der Waals surface area contributed by atoms with Gasteiger partial charge in [0, 0.05) is 17.2 Å². The molecule has 8 nitrogen and oxygen atoms in total. The fourth-order valence-corrected chi connectivity index (χ4v) is 3.27. The zero-order valence-electron chi connectivity index (χ0n) is 16.5. The molecule has 158 valence electrons. The molecule has 0 atom stereocenters. The Bertz CT molecular complexity index is 1310. The molecule has 0 saturated carbocycles. The maximum Gasteiger partial charge on any atom is 0.258 e. The number of aromatic nitrogens is 4. The summed E-state index contributed by atoms with van der Waals surface area (Å²) in [5.41, 5.74) is 0.886.